The van der Waals surface area contributed by atoms with E-state index in [1.54, 1.807) is 0 Å². The Hall–Kier alpha value is -2.21. The van der Waals surface area contributed by atoms with E-state index in [0.717, 1.165) is 37.3 Å². The summed E-state index contributed by atoms with van der Waals surface area (Å²) in [4.78, 5) is 16.3. The van der Waals surface area contributed by atoms with E-state index in [9.17, 15) is 9.90 Å². The van der Waals surface area contributed by atoms with Crippen LogP contribution in [0.5, 0.6) is 0 Å². The molecule has 2 aromatic carbocycles. The Kier molecular flexibility index (Phi) is 5.81. The van der Waals surface area contributed by atoms with Crippen LogP contribution in [-0.2, 0) is 4.79 Å². The molecule has 1 amide bonds. The van der Waals surface area contributed by atoms with Gasteiger partial charge in [0.25, 0.3) is 0 Å². The summed E-state index contributed by atoms with van der Waals surface area (Å²) in [5, 5.41) is 10.4. The van der Waals surface area contributed by atoms with Gasteiger partial charge in [-0.1, -0.05) is 60.7 Å². The number of primary amides is 1. The molecule has 3 N–H and O–H groups in total. The Morgan fingerprint density at radius 1 is 0.920 bits per heavy atom. The first kappa shape index (κ1) is 17.6. The van der Waals surface area contributed by atoms with Crippen LogP contribution in [0.25, 0.3) is 0 Å². The van der Waals surface area contributed by atoms with Gasteiger partial charge in [-0.25, -0.2) is 0 Å². The van der Waals surface area contributed by atoms with Gasteiger partial charge < -0.3 is 10.8 Å². The lowest BCUT2D eigenvalue weighted by Crippen LogP contribution is -2.51. The number of amides is 1. The molecule has 1 aliphatic heterocycles. The maximum absolute atomic E-state index is 12.0. The predicted octanol–water partition coefficient (Wildman–Crippen LogP) is 1.56. The number of carbonyl (C=O) groups is 1. The standard InChI is InChI=1S/C20H25N3O2/c21-20(25)19(17-9-5-2-6-10-17)23-13-11-22(12-14-23)15-18(24)16-7-3-1-4-8-16/h1-10,18-19,24H,11-15H2,(H2,21,25). The van der Waals surface area contributed by atoms with Crippen LogP contribution in [-0.4, -0.2) is 53.5 Å². The van der Waals surface area contributed by atoms with E-state index < -0.39 is 6.10 Å². The van der Waals surface area contributed by atoms with Crippen molar-refractivity contribution in [2.75, 3.05) is 32.7 Å². The van der Waals surface area contributed by atoms with Crippen LogP contribution in [0.3, 0.4) is 0 Å². The van der Waals surface area contributed by atoms with Crippen molar-refractivity contribution in [1.29, 1.82) is 0 Å². The summed E-state index contributed by atoms with van der Waals surface area (Å²) in [6.07, 6.45) is -0.492. The lowest BCUT2D eigenvalue weighted by molar-refractivity contribution is -0.124. The molecule has 0 spiro atoms. The summed E-state index contributed by atoms with van der Waals surface area (Å²) in [5.74, 6) is -0.316. The molecular weight excluding hydrogens is 314 g/mol. The molecule has 0 aromatic heterocycles. The van der Waals surface area contributed by atoms with Crippen molar-refractivity contribution in [1.82, 2.24) is 9.80 Å². The van der Waals surface area contributed by atoms with E-state index in [1.807, 2.05) is 60.7 Å². The minimum atomic E-state index is -0.492. The number of hydrogen-bond acceptors (Lipinski definition) is 4. The zero-order valence-corrected chi connectivity index (χ0v) is 14.3. The summed E-state index contributed by atoms with van der Waals surface area (Å²) in [5.41, 5.74) is 7.53. The Bertz CT molecular complexity index is 670. The number of rotatable bonds is 6. The van der Waals surface area contributed by atoms with Gasteiger partial charge >= 0.3 is 0 Å². The normalized spacial score (nSPS) is 18.6. The number of nitrogens with two attached hydrogens (primary N) is 1. The third kappa shape index (κ3) is 4.45. The fraction of sp³-hybridized carbons (Fsp3) is 0.350. The van der Waals surface area contributed by atoms with E-state index >= 15 is 0 Å². The number of nitrogens with zero attached hydrogens (tertiary/aromatic N) is 2. The van der Waals surface area contributed by atoms with Crippen LogP contribution in [0.4, 0.5) is 0 Å². The molecule has 25 heavy (non-hydrogen) atoms. The quantitative estimate of drug-likeness (QED) is 0.838. The maximum Gasteiger partial charge on any atom is 0.239 e. The van der Waals surface area contributed by atoms with E-state index in [4.69, 9.17) is 5.73 Å². The number of hydrogen-bond donors (Lipinski definition) is 2. The fourth-order valence-corrected chi connectivity index (χ4v) is 3.42. The van der Waals surface area contributed by atoms with Crippen molar-refractivity contribution in [3.05, 3.63) is 71.8 Å². The van der Waals surface area contributed by atoms with Gasteiger partial charge in [0.15, 0.2) is 0 Å². The first-order valence-electron chi connectivity index (χ1n) is 8.69. The first-order valence-corrected chi connectivity index (χ1v) is 8.69. The Morgan fingerprint density at radius 3 is 1.96 bits per heavy atom. The predicted molar refractivity (Wildman–Crippen MR) is 97.8 cm³/mol. The summed E-state index contributed by atoms with van der Waals surface area (Å²) >= 11 is 0. The Labute approximate surface area is 148 Å². The lowest BCUT2D eigenvalue weighted by atomic mass is 10.0. The second kappa shape index (κ2) is 8.25. The third-order valence-electron chi connectivity index (χ3n) is 4.77. The van der Waals surface area contributed by atoms with Gasteiger partial charge in [0, 0.05) is 32.7 Å². The van der Waals surface area contributed by atoms with Crippen LogP contribution >= 0.6 is 0 Å². The molecule has 2 aromatic rings. The molecule has 2 atom stereocenters. The molecule has 5 heteroatoms. The number of β-amino-alcohol motifs (C(OH)–C–C–N with tert-alkyl or cyclic N) is 1. The zero-order valence-electron chi connectivity index (χ0n) is 14.3. The molecule has 0 aliphatic carbocycles. The Balaban J connectivity index is 1.58. The minimum Gasteiger partial charge on any atom is -0.387 e. The summed E-state index contributed by atoms with van der Waals surface area (Å²) < 4.78 is 0. The smallest absolute Gasteiger partial charge is 0.239 e. The van der Waals surface area contributed by atoms with Gasteiger partial charge in [-0.15, -0.1) is 0 Å². The number of aliphatic hydroxyl groups is 1. The first-order chi connectivity index (χ1) is 12.1. The van der Waals surface area contributed by atoms with Gasteiger partial charge in [0.2, 0.25) is 5.91 Å². The number of carbonyl (C=O) groups excluding carboxylic acids is 1. The van der Waals surface area contributed by atoms with E-state index in [1.165, 1.54) is 0 Å². The van der Waals surface area contributed by atoms with Crippen LogP contribution in [0.2, 0.25) is 0 Å². The van der Waals surface area contributed by atoms with Gasteiger partial charge in [0.1, 0.15) is 6.04 Å². The van der Waals surface area contributed by atoms with Crippen LogP contribution in [0.15, 0.2) is 60.7 Å². The average Bonchev–Trinajstić information content (AvgIpc) is 2.65. The zero-order chi connectivity index (χ0) is 17.6. The Morgan fingerprint density at radius 2 is 1.44 bits per heavy atom. The SMILES string of the molecule is NC(=O)C(c1ccccc1)N1CCN(CC(O)c2ccccc2)CC1. The van der Waals surface area contributed by atoms with Crippen LogP contribution in [0.1, 0.15) is 23.3 Å². The van der Waals surface area contributed by atoms with E-state index in [-0.39, 0.29) is 11.9 Å². The second-order valence-corrected chi connectivity index (χ2v) is 6.48. The van der Waals surface area contributed by atoms with Gasteiger partial charge in [-0.05, 0) is 11.1 Å². The molecular formula is C20H25N3O2. The molecule has 1 heterocycles. The van der Waals surface area contributed by atoms with Crippen molar-refractivity contribution >= 4 is 5.91 Å². The summed E-state index contributed by atoms with van der Waals surface area (Å²) in [6, 6.07) is 19.0. The fourth-order valence-electron chi connectivity index (χ4n) is 3.42. The van der Waals surface area contributed by atoms with Gasteiger partial charge in [-0.2, -0.15) is 0 Å². The summed E-state index contributed by atoms with van der Waals surface area (Å²) in [6.45, 7) is 3.72. The number of benzene rings is 2. The van der Waals surface area contributed by atoms with Crippen molar-refractivity contribution in [3.63, 3.8) is 0 Å². The molecule has 132 valence electrons. The highest BCUT2D eigenvalue weighted by molar-refractivity contribution is 5.81. The molecule has 0 bridgehead atoms. The molecule has 5 nitrogen and oxygen atoms in total. The highest BCUT2D eigenvalue weighted by atomic mass is 16.3. The molecule has 2 unspecified atom stereocenters. The maximum atomic E-state index is 12.0. The highest BCUT2D eigenvalue weighted by Gasteiger charge is 2.29. The number of piperazine rings is 1. The lowest BCUT2D eigenvalue weighted by Gasteiger charge is -2.38. The van der Waals surface area contributed by atoms with Crippen LogP contribution < -0.4 is 5.73 Å². The number of aliphatic hydroxyl groups excluding tert-OH is 1. The monoisotopic (exact) mass is 339 g/mol. The molecule has 0 radical (unpaired) electrons. The van der Waals surface area contributed by atoms with Crippen LogP contribution in [0, 0.1) is 0 Å². The third-order valence-corrected chi connectivity index (χ3v) is 4.77. The second-order valence-electron chi connectivity index (χ2n) is 6.48. The van der Waals surface area contributed by atoms with E-state index in [2.05, 4.69) is 9.80 Å². The van der Waals surface area contributed by atoms with Crippen molar-refractivity contribution in [3.8, 4) is 0 Å². The minimum absolute atomic E-state index is 0.316. The molecule has 0 saturated carbocycles. The molecule has 3 rings (SSSR count). The van der Waals surface area contributed by atoms with Crippen molar-refractivity contribution in [2.45, 2.75) is 12.1 Å². The topological polar surface area (TPSA) is 69.8 Å². The average molecular weight is 339 g/mol. The largest absolute Gasteiger partial charge is 0.387 e. The molecule has 1 saturated heterocycles. The molecule has 1 fully saturated rings. The van der Waals surface area contributed by atoms with E-state index in [0.29, 0.717) is 6.54 Å². The summed E-state index contributed by atoms with van der Waals surface area (Å²) in [7, 11) is 0. The van der Waals surface area contributed by atoms with Gasteiger partial charge in [-0.3, -0.25) is 14.6 Å². The van der Waals surface area contributed by atoms with Gasteiger partial charge in [0.05, 0.1) is 6.10 Å². The van der Waals surface area contributed by atoms with Crippen molar-refractivity contribution < 1.29 is 9.90 Å². The molecule has 1 aliphatic rings. The van der Waals surface area contributed by atoms with Crippen molar-refractivity contribution in [2.24, 2.45) is 5.73 Å². The highest BCUT2D eigenvalue weighted by Crippen LogP contribution is 2.23.